The predicted octanol–water partition coefficient (Wildman–Crippen LogP) is 3.39. The van der Waals surface area contributed by atoms with Gasteiger partial charge in [-0.25, -0.2) is 0 Å². The maximum atomic E-state index is 13.5. The second-order valence-electron chi connectivity index (χ2n) is 8.01. The molecule has 4 heteroatoms. The third kappa shape index (κ3) is 4.24. The molecule has 0 aliphatic rings. The molecule has 0 aliphatic heterocycles. The van der Waals surface area contributed by atoms with Gasteiger partial charge in [0, 0.05) is 0 Å². The summed E-state index contributed by atoms with van der Waals surface area (Å²) in [6.07, 6.45) is 0. The average Bonchev–Trinajstić information content (AvgIpc) is 2.64. The number of rotatable bonds is 4. The van der Waals surface area contributed by atoms with Gasteiger partial charge in [-0.3, -0.25) is 0 Å². The fourth-order valence-electron chi connectivity index (χ4n) is 2.93. The van der Waals surface area contributed by atoms with Gasteiger partial charge in [0.2, 0.25) is 0 Å². The van der Waals surface area contributed by atoms with Crippen LogP contribution in [0.3, 0.4) is 0 Å². The van der Waals surface area contributed by atoms with Crippen molar-refractivity contribution >= 4 is 41.4 Å². The van der Waals surface area contributed by atoms with E-state index in [0.717, 1.165) is 3.27 Å². The third-order valence-electron chi connectivity index (χ3n) is 4.70. The fourth-order valence-corrected chi connectivity index (χ4v) is 15.1. The minimum absolute atomic E-state index is 0.0941. The summed E-state index contributed by atoms with van der Waals surface area (Å²) < 4.78 is 37.8. The van der Waals surface area contributed by atoms with Gasteiger partial charge in [-0.05, 0) is 0 Å². The Morgan fingerprint density at radius 3 is 1.68 bits per heavy atom. The standard InChI is InChI=1S/C10H13O2S.2C7H7.Bi/c1-10(2,3)13(11,12)9-7-5-4-6-8-9;2*1-7-5-3-2-4-6-7;/h4-7H,1-3H3;2*3-6H,1H3;/i7D;;;. The summed E-state index contributed by atoms with van der Waals surface area (Å²) in [7, 11) is -3.65. The first kappa shape index (κ1) is 19.8. The van der Waals surface area contributed by atoms with E-state index in [1.807, 2.05) is 12.1 Å². The normalized spacial score (nSPS) is 12.9. The van der Waals surface area contributed by atoms with Gasteiger partial charge in [-0.2, -0.15) is 0 Å². The topological polar surface area (TPSA) is 34.1 Å². The van der Waals surface area contributed by atoms with Gasteiger partial charge < -0.3 is 0 Å². The van der Waals surface area contributed by atoms with E-state index in [1.54, 1.807) is 26.8 Å². The number of sulfone groups is 1. The summed E-state index contributed by atoms with van der Waals surface area (Å²) in [6.45, 7) is 9.24. The molecule has 0 bridgehead atoms. The second kappa shape index (κ2) is 8.08. The molecule has 28 heavy (non-hydrogen) atoms. The average molecular weight is 590 g/mol. The Kier molecular flexibility index (Phi) is 5.72. The van der Waals surface area contributed by atoms with Crippen LogP contribution in [0.5, 0.6) is 0 Å². The van der Waals surface area contributed by atoms with E-state index in [4.69, 9.17) is 1.37 Å². The summed E-state index contributed by atoms with van der Waals surface area (Å²) in [4.78, 5) is 0.214. The van der Waals surface area contributed by atoms with Crippen LogP contribution in [0.1, 0.15) is 33.3 Å². The quantitative estimate of drug-likeness (QED) is 0.438. The summed E-state index contributed by atoms with van der Waals surface area (Å²) in [5.74, 6) is 0. The molecule has 0 spiro atoms. The van der Waals surface area contributed by atoms with Crippen LogP contribution in [0.2, 0.25) is 0 Å². The molecule has 0 aromatic heterocycles. The summed E-state index contributed by atoms with van der Waals surface area (Å²) in [6, 6.07) is 22.4. The van der Waals surface area contributed by atoms with Crippen LogP contribution in [0.25, 0.3) is 0 Å². The van der Waals surface area contributed by atoms with Crippen molar-refractivity contribution in [3.63, 3.8) is 0 Å². The van der Waals surface area contributed by atoms with Crippen molar-refractivity contribution in [1.82, 2.24) is 0 Å². The number of benzene rings is 3. The van der Waals surface area contributed by atoms with E-state index in [1.165, 1.54) is 17.7 Å². The van der Waals surface area contributed by atoms with Crippen LogP contribution in [-0.2, 0) is 9.84 Å². The van der Waals surface area contributed by atoms with E-state index < -0.39 is 36.3 Å². The fraction of sp³-hybridized carbons (Fsp3) is 0.250. The monoisotopic (exact) mass is 589 g/mol. The number of aryl methyl sites for hydroxylation is 2. The molecule has 0 N–H and O–H groups in total. The predicted molar refractivity (Wildman–Crippen MR) is 120 cm³/mol. The summed E-state index contributed by atoms with van der Waals surface area (Å²) in [5, 5.41) is 0. The van der Waals surface area contributed by atoms with Crippen molar-refractivity contribution in [2.75, 3.05) is 0 Å². The first-order valence-electron chi connectivity index (χ1n) is 9.80. The Morgan fingerprint density at radius 2 is 1.25 bits per heavy atom. The molecule has 0 saturated carbocycles. The Balaban J connectivity index is 2.34. The first-order chi connectivity index (χ1) is 13.5. The Morgan fingerprint density at radius 1 is 0.786 bits per heavy atom. The van der Waals surface area contributed by atoms with Gasteiger partial charge in [0.15, 0.2) is 0 Å². The van der Waals surface area contributed by atoms with Crippen molar-refractivity contribution in [3.05, 3.63) is 83.9 Å². The van der Waals surface area contributed by atoms with Gasteiger partial charge in [-0.1, -0.05) is 0 Å². The maximum absolute atomic E-state index is 13.5. The second-order valence-corrected chi connectivity index (χ2v) is 19.1. The molecule has 3 aromatic carbocycles. The van der Waals surface area contributed by atoms with Crippen LogP contribution >= 0.6 is 0 Å². The van der Waals surface area contributed by atoms with Gasteiger partial charge in [0.25, 0.3) is 0 Å². The van der Waals surface area contributed by atoms with Gasteiger partial charge in [-0.15, -0.1) is 0 Å². The zero-order valence-corrected chi connectivity index (χ0v) is 21.3. The molecule has 0 radical (unpaired) electrons. The van der Waals surface area contributed by atoms with Gasteiger partial charge >= 0.3 is 179 Å². The molecule has 3 aromatic rings. The van der Waals surface area contributed by atoms with Gasteiger partial charge in [0.05, 0.1) is 0 Å². The molecule has 0 atom stereocenters. The molecule has 2 nitrogen and oxygen atoms in total. The van der Waals surface area contributed by atoms with Crippen molar-refractivity contribution in [2.24, 2.45) is 0 Å². The van der Waals surface area contributed by atoms with Crippen LogP contribution in [0, 0.1) is 13.8 Å². The molecule has 146 valence electrons. The molecule has 0 amide bonds. The zero-order valence-electron chi connectivity index (χ0n) is 18.0. The van der Waals surface area contributed by atoms with Crippen molar-refractivity contribution in [3.8, 4) is 0 Å². The van der Waals surface area contributed by atoms with Crippen LogP contribution in [0.15, 0.2) is 77.7 Å². The molecule has 0 unspecified atom stereocenters. The van der Waals surface area contributed by atoms with Crippen LogP contribution < -0.4 is 9.81 Å². The van der Waals surface area contributed by atoms with Crippen LogP contribution in [0.4, 0.5) is 0 Å². The van der Waals surface area contributed by atoms with E-state index in [-0.39, 0.29) is 10.9 Å². The molecule has 3 rings (SSSR count). The first-order valence-corrected chi connectivity index (χ1v) is 16.0. The van der Waals surface area contributed by atoms with E-state index in [0.29, 0.717) is 0 Å². The molecular weight excluding hydrogens is 561 g/mol. The van der Waals surface area contributed by atoms with Crippen molar-refractivity contribution in [2.45, 2.75) is 44.3 Å². The van der Waals surface area contributed by atoms with Gasteiger partial charge in [0.1, 0.15) is 0 Å². The van der Waals surface area contributed by atoms with E-state index >= 15 is 0 Å². The zero-order chi connectivity index (χ0) is 21.4. The molecule has 0 heterocycles. The number of hydrogen-bond acceptors (Lipinski definition) is 2. The Hall–Kier alpha value is -1.51. The molecular formula is C24H27BiO2S. The van der Waals surface area contributed by atoms with Crippen molar-refractivity contribution in [1.29, 1.82) is 0 Å². The SMILES string of the molecule is [2H]c1ccc[c]([Bi]([c]2ccc(C)cc2)[c]2ccc(C)cc2)c1S(=O)(=O)C(C)(C)C. The third-order valence-corrected chi connectivity index (χ3v) is 17.5. The minimum atomic E-state index is -3.65. The Bertz CT molecular complexity index is 1070. The van der Waals surface area contributed by atoms with E-state index in [9.17, 15) is 8.42 Å². The van der Waals surface area contributed by atoms with E-state index in [2.05, 4.69) is 62.4 Å². The summed E-state index contributed by atoms with van der Waals surface area (Å²) >= 11 is -2.94. The number of hydrogen-bond donors (Lipinski definition) is 0. The van der Waals surface area contributed by atoms with Crippen LogP contribution in [-0.4, -0.2) is 34.9 Å². The molecule has 0 aliphatic carbocycles. The molecule has 0 saturated heterocycles. The summed E-state index contributed by atoms with van der Waals surface area (Å²) in [5.41, 5.74) is 2.36. The van der Waals surface area contributed by atoms with Crippen molar-refractivity contribution < 1.29 is 9.79 Å². The molecule has 0 fully saturated rings. The Labute approximate surface area is 178 Å².